The van der Waals surface area contributed by atoms with Crippen molar-refractivity contribution in [1.82, 2.24) is 14.9 Å². The minimum Gasteiger partial charge on any atom is -0.350 e. The fourth-order valence-corrected chi connectivity index (χ4v) is 3.26. The Hall–Kier alpha value is -2.62. The first-order valence-electron chi connectivity index (χ1n) is 8.69. The summed E-state index contributed by atoms with van der Waals surface area (Å²) in [5, 5.41) is 1.12. The summed E-state index contributed by atoms with van der Waals surface area (Å²) in [6.07, 6.45) is 2.85. The van der Waals surface area contributed by atoms with Gasteiger partial charge in [-0.15, -0.1) is 0 Å². The van der Waals surface area contributed by atoms with Crippen LogP contribution in [0.25, 0.3) is 10.9 Å². The van der Waals surface area contributed by atoms with Crippen molar-refractivity contribution in [1.29, 1.82) is 0 Å². The summed E-state index contributed by atoms with van der Waals surface area (Å²) in [6, 6.07) is 8.33. The van der Waals surface area contributed by atoms with Crippen molar-refractivity contribution in [3.05, 3.63) is 64.1 Å². The molecule has 3 rings (SSSR count). The Morgan fingerprint density at radius 1 is 1.20 bits per heavy atom. The van der Waals surface area contributed by atoms with E-state index in [2.05, 4.69) is 48.9 Å². The van der Waals surface area contributed by atoms with Gasteiger partial charge in [0.15, 0.2) is 0 Å². The molecule has 4 heteroatoms. The van der Waals surface area contributed by atoms with Crippen molar-refractivity contribution in [2.75, 3.05) is 7.05 Å². The Balaban J connectivity index is 1.87. The Morgan fingerprint density at radius 3 is 2.60 bits per heavy atom. The first-order chi connectivity index (χ1) is 11.9. The first-order valence-corrected chi connectivity index (χ1v) is 8.69. The summed E-state index contributed by atoms with van der Waals surface area (Å²) < 4.78 is 0. The number of rotatable bonds is 4. The molecule has 1 N–H and O–H groups in total. The molecule has 0 atom stereocenters. The van der Waals surface area contributed by atoms with Gasteiger partial charge in [0, 0.05) is 24.1 Å². The van der Waals surface area contributed by atoms with Gasteiger partial charge in [0.1, 0.15) is 5.69 Å². The third kappa shape index (κ3) is 3.29. The number of carbonyl (C=O) groups is 1. The number of H-pyrrole nitrogens is 1. The van der Waals surface area contributed by atoms with Gasteiger partial charge >= 0.3 is 0 Å². The molecule has 0 aliphatic rings. The van der Waals surface area contributed by atoms with Crippen LogP contribution in [0.1, 0.15) is 45.4 Å². The molecule has 0 fully saturated rings. The molecule has 0 aliphatic heterocycles. The second-order valence-electron chi connectivity index (χ2n) is 6.80. The highest BCUT2D eigenvalue weighted by molar-refractivity contribution is 6.01. The van der Waals surface area contributed by atoms with Gasteiger partial charge < -0.3 is 9.88 Å². The third-order valence-corrected chi connectivity index (χ3v) is 4.76. The molecule has 4 nitrogen and oxygen atoms in total. The van der Waals surface area contributed by atoms with Crippen molar-refractivity contribution in [3.8, 4) is 0 Å². The largest absolute Gasteiger partial charge is 0.350 e. The van der Waals surface area contributed by atoms with Crippen LogP contribution in [0, 0.1) is 20.8 Å². The average molecular weight is 335 g/mol. The molecule has 2 aromatic heterocycles. The van der Waals surface area contributed by atoms with E-state index < -0.39 is 0 Å². The number of pyridine rings is 1. The van der Waals surface area contributed by atoms with Gasteiger partial charge in [-0.3, -0.25) is 9.78 Å². The molecule has 130 valence electrons. The van der Waals surface area contributed by atoms with Crippen molar-refractivity contribution < 1.29 is 4.79 Å². The lowest BCUT2D eigenvalue weighted by Crippen LogP contribution is -2.27. The van der Waals surface area contributed by atoms with E-state index in [0.717, 1.165) is 34.1 Å². The van der Waals surface area contributed by atoms with Crippen molar-refractivity contribution in [2.24, 2.45) is 0 Å². The summed E-state index contributed by atoms with van der Waals surface area (Å²) in [4.78, 5) is 22.4. The zero-order valence-corrected chi connectivity index (χ0v) is 15.6. The Labute approximate surface area is 148 Å². The second kappa shape index (κ2) is 6.71. The lowest BCUT2D eigenvalue weighted by Gasteiger charge is -2.16. The van der Waals surface area contributed by atoms with Crippen molar-refractivity contribution >= 4 is 16.8 Å². The average Bonchev–Trinajstić information content (AvgIpc) is 2.92. The first kappa shape index (κ1) is 17.2. The summed E-state index contributed by atoms with van der Waals surface area (Å²) in [5.74, 6) is -0.00730. The maximum Gasteiger partial charge on any atom is 0.270 e. The van der Waals surface area contributed by atoms with E-state index in [0.29, 0.717) is 12.2 Å². The number of amides is 1. The zero-order chi connectivity index (χ0) is 18.1. The van der Waals surface area contributed by atoms with Crippen LogP contribution in [0.5, 0.6) is 0 Å². The second-order valence-corrected chi connectivity index (χ2v) is 6.80. The molecule has 2 heterocycles. The van der Waals surface area contributed by atoms with Crippen LogP contribution in [0.15, 0.2) is 30.5 Å². The molecular weight excluding hydrogens is 310 g/mol. The number of aromatic nitrogens is 2. The molecule has 1 amide bonds. The van der Waals surface area contributed by atoms with Crippen molar-refractivity contribution in [3.63, 3.8) is 0 Å². The number of nitrogens with zero attached hydrogens (tertiary/aromatic N) is 2. The molecule has 3 aromatic rings. The molecule has 0 spiro atoms. The minimum atomic E-state index is -0.00730. The van der Waals surface area contributed by atoms with E-state index >= 15 is 0 Å². The van der Waals surface area contributed by atoms with E-state index in [4.69, 9.17) is 0 Å². The minimum absolute atomic E-state index is 0.00730. The lowest BCUT2D eigenvalue weighted by molar-refractivity contribution is 0.0778. The maximum absolute atomic E-state index is 12.9. The number of hydrogen-bond acceptors (Lipinski definition) is 2. The summed E-state index contributed by atoms with van der Waals surface area (Å²) in [5.41, 5.74) is 7.19. The Bertz CT molecular complexity index is 922. The van der Waals surface area contributed by atoms with Gasteiger partial charge in [-0.1, -0.05) is 24.6 Å². The topological polar surface area (TPSA) is 49.0 Å². The van der Waals surface area contributed by atoms with Crippen molar-refractivity contribution in [2.45, 2.75) is 40.7 Å². The van der Waals surface area contributed by atoms with Gasteiger partial charge in [-0.05, 0) is 56.0 Å². The van der Waals surface area contributed by atoms with Crippen LogP contribution in [0.2, 0.25) is 0 Å². The monoisotopic (exact) mass is 335 g/mol. The van der Waals surface area contributed by atoms with Gasteiger partial charge in [-0.25, -0.2) is 0 Å². The third-order valence-electron chi connectivity index (χ3n) is 4.76. The SMILES string of the molecule is CCc1ccc(CN(C)C(=O)c2[nH]c3c(C)cc(C)cc3c2C)nc1. The van der Waals surface area contributed by atoms with E-state index in [1.165, 1.54) is 11.1 Å². The molecule has 0 saturated carbocycles. The fraction of sp³-hybridized carbons (Fsp3) is 0.333. The number of carbonyl (C=O) groups excluding carboxylic acids is 1. The normalized spacial score (nSPS) is 11.1. The molecular formula is C21H25N3O. The highest BCUT2D eigenvalue weighted by atomic mass is 16.2. The van der Waals surface area contributed by atoms with Crippen LogP contribution in [-0.2, 0) is 13.0 Å². The highest BCUT2D eigenvalue weighted by Gasteiger charge is 2.19. The number of fused-ring (bicyclic) bond motifs is 1. The van der Waals surface area contributed by atoms with E-state index in [1.54, 1.807) is 4.90 Å². The molecule has 25 heavy (non-hydrogen) atoms. The van der Waals surface area contributed by atoms with Crippen LogP contribution in [-0.4, -0.2) is 27.8 Å². The summed E-state index contributed by atoms with van der Waals surface area (Å²) in [6.45, 7) is 8.76. The molecule has 1 aromatic carbocycles. The predicted molar refractivity (Wildman–Crippen MR) is 102 cm³/mol. The molecule has 0 radical (unpaired) electrons. The highest BCUT2D eigenvalue weighted by Crippen LogP contribution is 2.26. The molecule has 0 saturated heterocycles. The quantitative estimate of drug-likeness (QED) is 0.772. The number of aromatic amines is 1. The zero-order valence-electron chi connectivity index (χ0n) is 15.6. The van der Waals surface area contributed by atoms with Crippen LogP contribution in [0.4, 0.5) is 0 Å². The van der Waals surface area contributed by atoms with E-state index in [-0.39, 0.29) is 5.91 Å². The van der Waals surface area contributed by atoms with Crippen LogP contribution >= 0.6 is 0 Å². The number of benzene rings is 1. The van der Waals surface area contributed by atoms with Crippen LogP contribution in [0.3, 0.4) is 0 Å². The fourth-order valence-electron chi connectivity index (χ4n) is 3.26. The number of nitrogens with one attached hydrogen (secondary N) is 1. The van der Waals surface area contributed by atoms with Gasteiger partial charge in [0.05, 0.1) is 12.2 Å². The van der Waals surface area contributed by atoms with Crippen LogP contribution < -0.4 is 0 Å². The molecule has 0 bridgehead atoms. The standard InChI is InChI=1S/C21H25N3O/c1-6-16-7-8-17(22-11-16)12-24(5)21(25)20-15(4)18-10-13(2)9-14(3)19(18)23-20/h7-11,23H,6,12H2,1-5H3. The van der Waals surface area contributed by atoms with Gasteiger partial charge in [0.2, 0.25) is 0 Å². The van der Waals surface area contributed by atoms with E-state index in [9.17, 15) is 4.79 Å². The number of aryl methyl sites for hydroxylation is 4. The summed E-state index contributed by atoms with van der Waals surface area (Å²) >= 11 is 0. The summed E-state index contributed by atoms with van der Waals surface area (Å²) in [7, 11) is 1.82. The van der Waals surface area contributed by atoms with Gasteiger partial charge in [-0.2, -0.15) is 0 Å². The number of hydrogen-bond donors (Lipinski definition) is 1. The Kier molecular flexibility index (Phi) is 4.62. The maximum atomic E-state index is 12.9. The molecule has 0 unspecified atom stereocenters. The van der Waals surface area contributed by atoms with Gasteiger partial charge in [0.25, 0.3) is 5.91 Å². The smallest absolute Gasteiger partial charge is 0.270 e. The Morgan fingerprint density at radius 2 is 1.96 bits per heavy atom. The predicted octanol–water partition coefficient (Wildman–Crippen LogP) is 4.32. The van der Waals surface area contributed by atoms with E-state index in [1.807, 2.05) is 26.2 Å². The molecule has 0 aliphatic carbocycles. The lowest BCUT2D eigenvalue weighted by atomic mass is 10.1.